The molecule has 116 heavy (non-hydrogen) atoms. The second kappa shape index (κ2) is 32.8. The van der Waals surface area contributed by atoms with Gasteiger partial charge in [0.2, 0.25) is 0 Å². The van der Waals surface area contributed by atoms with Gasteiger partial charge in [-0.1, -0.05) is 72.9 Å². The fraction of sp³-hybridized carbons (Fsp3) is 0.176. The predicted octanol–water partition coefficient (Wildman–Crippen LogP) is 22.8. The molecule has 0 saturated heterocycles. The number of rotatable bonds is 25. The number of allylic oxidation sites excluding steroid dienone is 6. The molecule has 12 aromatic carbocycles. The number of ether oxygens (including phenoxy) is 8. The maximum Gasteiger partial charge on any atom is 0.161 e. The summed E-state index contributed by atoms with van der Waals surface area (Å²) in [5, 5.41) is 0. The van der Waals surface area contributed by atoms with E-state index < -0.39 is 0 Å². The van der Waals surface area contributed by atoms with E-state index in [4.69, 9.17) is 37.9 Å². The molecular formula is C102H92N6O8. The normalized spacial score (nSPS) is 14.3. The van der Waals surface area contributed by atoms with Crippen molar-refractivity contribution in [2.24, 2.45) is 0 Å². The molecule has 0 saturated carbocycles. The molecule has 14 heteroatoms. The van der Waals surface area contributed by atoms with Crippen molar-refractivity contribution in [3.8, 4) is 90.9 Å². The van der Waals surface area contributed by atoms with Crippen molar-refractivity contribution in [1.29, 1.82) is 0 Å². The van der Waals surface area contributed by atoms with Gasteiger partial charge in [-0.05, 0) is 299 Å². The Morgan fingerprint density at radius 1 is 0.224 bits per heavy atom. The van der Waals surface area contributed by atoms with Crippen molar-refractivity contribution in [2.45, 2.75) is 77.8 Å². The van der Waals surface area contributed by atoms with Crippen LogP contribution in [0.4, 0.5) is 34.1 Å². The van der Waals surface area contributed by atoms with Crippen molar-refractivity contribution in [3.63, 3.8) is 0 Å². The summed E-state index contributed by atoms with van der Waals surface area (Å²) in [5.74, 6) is 8.54. The van der Waals surface area contributed by atoms with Gasteiger partial charge < -0.3 is 67.3 Å². The van der Waals surface area contributed by atoms with E-state index in [9.17, 15) is 0 Å². The highest BCUT2D eigenvalue weighted by Crippen LogP contribution is 2.46. The third-order valence-corrected chi connectivity index (χ3v) is 22.5. The van der Waals surface area contributed by atoms with E-state index in [1.165, 1.54) is 0 Å². The van der Waals surface area contributed by atoms with Gasteiger partial charge in [0, 0.05) is 107 Å². The van der Waals surface area contributed by atoms with Crippen molar-refractivity contribution in [2.75, 3.05) is 69.8 Å². The summed E-state index contributed by atoms with van der Waals surface area (Å²) in [5.41, 5.74) is 26.6. The molecule has 14 nitrogen and oxygen atoms in total. The molecule has 0 unspecified atom stereocenters. The summed E-state index contributed by atoms with van der Waals surface area (Å²) in [6.45, 7) is 31.5. The molecule has 6 heterocycles. The van der Waals surface area contributed by atoms with Gasteiger partial charge >= 0.3 is 0 Å². The summed E-state index contributed by atoms with van der Waals surface area (Å²) in [4.78, 5) is 13.6. The minimum absolute atomic E-state index is 0.400. The van der Waals surface area contributed by atoms with Crippen molar-refractivity contribution < 1.29 is 37.9 Å². The first-order chi connectivity index (χ1) is 57.1. The molecule has 0 amide bonds. The fourth-order valence-electron chi connectivity index (χ4n) is 17.0. The molecule has 18 rings (SSSR count). The number of benzene rings is 12. The molecule has 0 atom stereocenters. The molecule has 0 fully saturated rings. The third-order valence-electron chi connectivity index (χ3n) is 22.5. The van der Waals surface area contributed by atoms with Crippen LogP contribution >= 0.6 is 0 Å². The van der Waals surface area contributed by atoms with Crippen molar-refractivity contribution in [1.82, 2.24) is 0 Å². The zero-order valence-electron chi connectivity index (χ0n) is 65.3. The Balaban J connectivity index is 0.514. The molecule has 0 radical (unpaired) electrons. The smallest absolute Gasteiger partial charge is 0.161 e. The lowest BCUT2D eigenvalue weighted by Gasteiger charge is -2.33. The highest BCUT2D eigenvalue weighted by molar-refractivity contribution is 5.77. The predicted molar refractivity (Wildman–Crippen MR) is 468 cm³/mol. The van der Waals surface area contributed by atoms with Crippen LogP contribution in [0.1, 0.15) is 66.8 Å². The topological polar surface area (TPSA) is 93.3 Å². The number of hydrogen-bond donors (Lipinski definition) is 0. The average Bonchev–Trinajstić information content (AvgIpc) is 0.776. The van der Waals surface area contributed by atoms with Crippen LogP contribution in [0.25, 0.3) is 33.4 Å². The van der Waals surface area contributed by atoms with E-state index in [1.54, 1.807) is 0 Å². The molecule has 0 bridgehead atoms. The minimum atomic E-state index is 0.400. The molecular weight excluding hydrogens is 1440 g/mol. The van der Waals surface area contributed by atoms with Crippen molar-refractivity contribution >= 4 is 34.1 Å². The van der Waals surface area contributed by atoms with Gasteiger partial charge in [0.15, 0.2) is 40.4 Å². The summed E-state index contributed by atoms with van der Waals surface area (Å²) in [6.07, 6.45) is 15.8. The van der Waals surface area contributed by atoms with Crippen LogP contribution in [0, 0.1) is 0 Å². The summed E-state index contributed by atoms with van der Waals surface area (Å²) < 4.78 is 52.5. The van der Waals surface area contributed by atoms with Gasteiger partial charge in [-0.15, -0.1) is 39.5 Å². The van der Waals surface area contributed by atoms with Crippen LogP contribution in [0.5, 0.6) is 57.5 Å². The molecule has 578 valence electrons. The highest BCUT2D eigenvalue weighted by atomic mass is 16.5. The Labute approximate surface area is 679 Å². The largest absolute Gasteiger partial charge is 0.472 e. The summed E-state index contributed by atoms with van der Waals surface area (Å²) in [6, 6.07) is 81.2. The average molecular weight is 1530 g/mol. The third kappa shape index (κ3) is 15.3. The van der Waals surface area contributed by atoms with Crippen LogP contribution in [0.15, 0.2) is 306 Å². The van der Waals surface area contributed by atoms with Crippen LogP contribution in [0.3, 0.4) is 0 Å². The van der Waals surface area contributed by atoms with E-state index in [1.807, 2.05) is 97.1 Å². The Hall–Kier alpha value is -13.7. The zero-order chi connectivity index (χ0) is 78.6. The highest BCUT2D eigenvalue weighted by Gasteiger charge is 2.31. The molecule has 0 spiro atoms. The second-order valence-corrected chi connectivity index (χ2v) is 30.4. The number of para-hydroxylation sites is 2. The standard InChI is InChI=1S/C102H92N6O8/c1-7-19-69-45-75(51-81-57-103(63-109-97(69)81)87-25-15-13-16-26-87)77-47-71(21-9-3)99-83(53-77)59-105(65-111-99)89-29-37-93(38-30-89)115-95-41-33-91(34-42-95)107-61-85-55-79(49-73(23-11-5)101(85)113-67-107)80-50-74(24-12-6)102-86(56-80)62-108(68-114-102)92-35-43-96(44-36-92)116-94-39-31-90(32-40-94)106-60-84-54-78(48-72(22-10-4)100(84)112-66-106)76-46-70(20-8-2)98-82(52-76)58-104(64-110-98)88-27-17-14-18-28-88/h7-18,25-56H,1-6,19-24,57-68H2. The Kier molecular flexibility index (Phi) is 20.8. The monoisotopic (exact) mass is 1530 g/mol. The maximum absolute atomic E-state index is 6.67. The zero-order valence-corrected chi connectivity index (χ0v) is 65.3. The lowest BCUT2D eigenvalue weighted by atomic mass is 9.92. The Bertz CT molecular complexity index is 5380. The molecule has 6 aliphatic rings. The lowest BCUT2D eigenvalue weighted by Crippen LogP contribution is -2.32. The van der Waals surface area contributed by atoms with Gasteiger partial charge in [-0.3, -0.25) is 0 Å². The van der Waals surface area contributed by atoms with Crippen LogP contribution in [0.2, 0.25) is 0 Å². The molecule has 12 aromatic rings. The van der Waals surface area contributed by atoms with E-state index in [2.05, 4.69) is 239 Å². The Morgan fingerprint density at radius 3 is 0.569 bits per heavy atom. The van der Waals surface area contributed by atoms with E-state index in [0.29, 0.717) is 105 Å². The van der Waals surface area contributed by atoms with Crippen LogP contribution < -0.4 is 67.3 Å². The molecule has 0 N–H and O–H groups in total. The molecule has 0 aromatic heterocycles. The van der Waals surface area contributed by atoms with Gasteiger partial charge in [0.1, 0.15) is 57.5 Å². The van der Waals surface area contributed by atoms with Gasteiger partial charge in [0.05, 0.1) is 0 Å². The van der Waals surface area contributed by atoms with Crippen LogP contribution in [-0.4, -0.2) is 40.4 Å². The van der Waals surface area contributed by atoms with E-state index >= 15 is 0 Å². The first kappa shape index (κ1) is 73.7. The minimum Gasteiger partial charge on any atom is -0.472 e. The maximum atomic E-state index is 6.67. The Morgan fingerprint density at radius 2 is 0.397 bits per heavy atom. The fourth-order valence-corrected chi connectivity index (χ4v) is 17.0. The van der Waals surface area contributed by atoms with E-state index in [0.717, 1.165) is 205 Å². The van der Waals surface area contributed by atoms with Gasteiger partial charge in [-0.25, -0.2) is 0 Å². The van der Waals surface area contributed by atoms with Gasteiger partial charge in [-0.2, -0.15) is 0 Å². The number of anilines is 6. The lowest BCUT2D eigenvalue weighted by molar-refractivity contribution is 0.286. The van der Waals surface area contributed by atoms with Crippen molar-refractivity contribution in [3.05, 3.63) is 373 Å². The first-order valence-electron chi connectivity index (χ1n) is 39.8. The van der Waals surface area contributed by atoms with Gasteiger partial charge in [0.25, 0.3) is 0 Å². The molecule has 0 aliphatic carbocycles. The first-order valence-corrected chi connectivity index (χ1v) is 39.8. The second-order valence-electron chi connectivity index (χ2n) is 30.4. The number of hydrogen-bond acceptors (Lipinski definition) is 14. The SMILES string of the molecule is C=CCc1cc(-c2cc(CC=C)c3c(c2)CN(c2ccc(Oc4ccc(N5COc6c(CC=C)cc(-c7cc(CC=C)c8c(c7)CN(c7ccc(Oc9ccc(N%10COc%11c(CC=C)cc(-c%12cc(CC=C)c%13c(c%12)CN(c%12ccccc%12)CO%13)cc%11C%10)cc9)cc7)CO8)cc6C5)cc4)cc2)CO3)cc2c1OCN(c1ccccc1)C2. The number of fused-ring (bicyclic) bond motifs is 6. The van der Waals surface area contributed by atoms with Crippen LogP contribution in [-0.2, 0) is 77.8 Å². The molecule has 6 aliphatic heterocycles. The quantitative estimate of drug-likeness (QED) is 0.0508. The summed E-state index contributed by atoms with van der Waals surface area (Å²) >= 11 is 0. The summed E-state index contributed by atoms with van der Waals surface area (Å²) in [7, 11) is 0. The van der Waals surface area contributed by atoms with E-state index in [-0.39, 0.29) is 0 Å². The number of nitrogens with zero attached hydrogens (tertiary/aromatic N) is 6.